The molecule has 2 heterocycles. The number of rotatable bonds is 3. The van der Waals surface area contributed by atoms with Gasteiger partial charge in [-0.3, -0.25) is 20.4 Å². The molecule has 21 heavy (non-hydrogen) atoms. The number of aromatic nitrogens is 2. The fourth-order valence-corrected chi connectivity index (χ4v) is 2.38. The predicted octanol–water partition coefficient (Wildman–Crippen LogP) is 1.95. The summed E-state index contributed by atoms with van der Waals surface area (Å²) in [5.74, 6) is -0.662. The smallest absolute Gasteiger partial charge is 0.286 e. The van der Waals surface area contributed by atoms with Crippen molar-refractivity contribution in [1.29, 1.82) is 0 Å². The van der Waals surface area contributed by atoms with Crippen LogP contribution in [0.2, 0.25) is 0 Å². The maximum atomic E-state index is 12.1. The summed E-state index contributed by atoms with van der Waals surface area (Å²) in [5, 5.41) is 3.81. The van der Waals surface area contributed by atoms with E-state index >= 15 is 0 Å². The van der Waals surface area contributed by atoms with E-state index in [0.29, 0.717) is 17.1 Å². The van der Waals surface area contributed by atoms with Gasteiger partial charge in [-0.25, -0.2) is 0 Å². The van der Waals surface area contributed by atoms with Crippen molar-refractivity contribution in [2.45, 2.75) is 26.7 Å². The summed E-state index contributed by atoms with van der Waals surface area (Å²) >= 11 is 3.23. The van der Waals surface area contributed by atoms with E-state index in [-0.39, 0.29) is 5.91 Å². The molecule has 2 aromatic heterocycles. The molecule has 2 rings (SSSR count). The van der Waals surface area contributed by atoms with E-state index in [4.69, 9.17) is 4.52 Å². The van der Waals surface area contributed by atoms with Crippen molar-refractivity contribution in [3.63, 3.8) is 0 Å². The lowest BCUT2D eigenvalue weighted by Gasteiger charge is -2.12. The highest BCUT2D eigenvalue weighted by atomic mass is 79.9. The summed E-state index contributed by atoms with van der Waals surface area (Å²) in [6.45, 7) is 5.23. The van der Waals surface area contributed by atoms with Crippen LogP contribution < -0.4 is 10.9 Å². The predicted molar refractivity (Wildman–Crippen MR) is 78.5 cm³/mol. The first kappa shape index (κ1) is 15.3. The van der Waals surface area contributed by atoms with Crippen molar-refractivity contribution in [1.82, 2.24) is 21.0 Å². The monoisotopic (exact) mass is 354 g/mol. The van der Waals surface area contributed by atoms with Crippen LogP contribution in [-0.2, 0) is 4.79 Å². The Labute approximate surface area is 129 Å². The van der Waals surface area contributed by atoms with Gasteiger partial charge in [0.05, 0.1) is 11.6 Å². The maximum Gasteiger partial charge on any atom is 0.286 e. The molecule has 1 atom stereocenters. The SMILES string of the molecule is Cc1noc(C)c1C(C)C(=O)NNC(=O)c1cc(Br)c[nH]1. The minimum absolute atomic E-state index is 0.340. The fourth-order valence-electron chi connectivity index (χ4n) is 2.03. The van der Waals surface area contributed by atoms with Crippen molar-refractivity contribution in [3.05, 3.63) is 39.4 Å². The number of hydrogen-bond acceptors (Lipinski definition) is 4. The van der Waals surface area contributed by atoms with Gasteiger partial charge >= 0.3 is 0 Å². The second-order valence-electron chi connectivity index (χ2n) is 4.63. The Balaban J connectivity index is 1.97. The molecular weight excluding hydrogens is 340 g/mol. The van der Waals surface area contributed by atoms with Gasteiger partial charge in [-0.15, -0.1) is 0 Å². The number of nitrogens with one attached hydrogen (secondary N) is 3. The van der Waals surface area contributed by atoms with Gasteiger partial charge < -0.3 is 9.51 Å². The van der Waals surface area contributed by atoms with Gasteiger partial charge in [0.2, 0.25) is 5.91 Å². The van der Waals surface area contributed by atoms with E-state index < -0.39 is 11.8 Å². The van der Waals surface area contributed by atoms with Crippen LogP contribution in [-0.4, -0.2) is 22.0 Å². The number of carbonyl (C=O) groups excluding carboxylic acids is 2. The molecule has 0 saturated heterocycles. The van der Waals surface area contributed by atoms with E-state index in [1.807, 2.05) is 0 Å². The summed E-state index contributed by atoms with van der Waals surface area (Å²) in [6, 6.07) is 1.61. The number of aromatic amines is 1. The molecule has 1 unspecified atom stereocenters. The number of aryl methyl sites for hydroxylation is 2. The molecule has 0 bridgehead atoms. The Morgan fingerprint density at radius 3 is 2.62 bits per heavy atom. The molecule has 0 aliphatic rings. The number of hydrazine groups is 1. The lowest BCUT2D eigenvalue weighted by atomic mass is 9.99. The molecule has 0 aromatic carbocycles. The summed E-state index contributed by atoms with van der Waals surface area (Å²) in [6.07, 6.45) is 1.63. The molecule has 112 valence electrons. The number of H-pyrrole nitrogens is 1. The standard InChI is InChI=1S/C13H15BrN4O3/c1-6(11-7(2)18-21-8(11)3)12(19)16-17-13(20)10-4-9(14)5-15-10/h4-6,15H,1-3H3,(H,16,19)(H,17,20). The van der Waals surface area contributed by atoms with Gasteiger partial charge in [-0.05, 0) is 42.8 Å². The molecule has 0 fully saturated rings. The molecule has 0 radical (unpaired) electrons. The van der Waals surface area contributed by atoms with Crippen molar-refractivity contribution in [3.8, 4) is 0 Å². The van der Waals surface area contributed by atoms with Crippen LogP contribution in [0.3, 0.4) is 0 Å². The van der Waals surface area contributed by atoms with Gasteiger partial charge in [0.1, 0.15) is 11.5 Å². The number of carbonyl (C=O) groups is 2. The van der Waals surface area contributed by atoms with E-state index in [0.717, 1.165) is 10.0 Å². The molecule has 0 saturated carbocycles. The quantitative estimate of drug-likeness (QED) is 0.733. The van der Waals surface area contributed by atoms with Crippen LogP contribution in [0.5, 0.6) is 0 Å². The molecule has 2 aromatic rings. The van der Waals surface area contributed by atoms with Gasteiger partial charge in [0.15, 0.2) is 0 Å². The average molecular weight is 355 g/mol. The maximum absolute atomic E-state index is 12.1. The average Bonchev–Trinajstić information content (AvgIpc) is 3.01. The van der Waals surface area contributed by atoms with Crippen LogP contribution in [0.1, 0.15) is 40.3 Å². The van der Waals surface area contributed by atoms with E-state index in [9.17, 15) is 9.59 Å². The topological polar surface area (TPSA) is 100 Å². The fraction of sp³-hybridized carbons (Fsp3) is 0.308. The normalized spacial score (nSPS) is 12.0. The molecule has 8 heteroatoms. The highest BCUT2D eigenvalue weighted by Gasteiger charge is 2.23. The zero-order valence-electron chi connectivity index (χ0n) is 11.8. The first-order valence-corrected chi connectivity index (χ1v) is 7.06. The third-order valence-electron chi connectivity index (χ3n) is 3.11. The van der Waals surface area contributed by atoms with Gasteiger partial charge in [-0.1, -0.05) is 5.16 Å². The molecule has 3 N–H and O–H groups in total. The van der Waals surface area contributed by atoms with E-state index in [1.165, 1.54) is 0 Å². The van der Waals surface area contributed by atoms with Crippen LogP contribution in [0, 0.1) is 13.8 Å². The molecule has 0 spiro atoms. The van der Waals surface area contributed by atoms with E-state index in [2.05, 4.69) is 36.9 Å². The van der Waals surface area contributed by atoms with E-state index in [1.54, 1.807) is 33.0 Å². The van der Waals surface area contributed by atoms with Crippen LogP contribution >= 0.6 is 15.9 Å². The minimum Gasteiger partial charge on any atom is -0.361 e. The molecule has 7 nitrogen and oxygen atoms in total. The highest BCUT2D eigenvalue weighted by molar-refractivity contribution is 9.10. The second-order valence-corrected chi connectivity index (χ2v) is 5.55. The van der Waals surface area contributed by atoms with Crippen molar-refractivity contribution in [2.24, 2.45) is 0 Å². The van der Waals surface area contributed by atoms with Crippen LogP contribution in [0.25, 0.3) is 0 Å². The summed E-state index contributed by atoms with van der Waals surface area (Å²) in [5.41, 5.74) is 6.47. The number of amides is 2. The Bertz CT molecular complexity index is 657. The van der Waals surface area contributed by atoms with Crippen LogP contribution in [0.15, 0.2) is 21.3 Å². The lowest BCUT2D eigenvalue weighted by Crippen LogP contribution is -2.43. The Morgan fingerprint density at radius 2 is 2.10 bits per heavy atom. The molecular formula is C13H15BrN4O3. The largest absolute Gasteiger partial charge is 0.361 e. The van der Waals surface area contributed by atoms with Crippen molar-refractivity contribution >= 4 is 27.7 Å². The lowest BCUT2D eigenvalue weighted by molar-refractivity contribution is -0.123. The molecule has 0 aliphatic carbocycles. The zero-order valence-corrected chi connectivity index (χ0v) is 13.4. The van der Waals surface area contributed by atoms with Crippen molar-refractivity contribution in [2.75, 3.05) is 0 Å². The van der Waals surface area contributed by atoms with Gasteiger partial charge in [-0.2, -0.15) is 0 Å². The first-order valence-electron chi connectivity index (χ1n) is 6.27. The summed E-state index contributed by atoms with van der Waals surface area (Å²) in [7, 11) is 0. The highest BCUT2D eigenvalue weighted by Crippen LogP contribution is 2.22. The third-order valence-corrected chi connectivity index (χ3v) is 3.56. The zero-order chi connectivity index (χ0) is 15.6. The minimum atomic E-state index is -0.480. The third kappa shape index (κ3) is 3.33. The molecule has 0 aliphatic heterocycles. The summed E-state index contributed by atoms with van der Waals surface area (Å²) in [4.78, 5) is 26.6. The summed E-state index contributed by atoms with van der Waals surface area (Å²) < 4.78 is 5.79. The second kappa shape index (κ2) is 6.13. The van der Waals surface area contributed by atoms with Crippen molar-refractivity contribution < 1.29 is 14.1 Å². The Kier molecular flexibility index (Phi) is 4.46. The first-order chi connectivity index (χ1) is 9.90. The Morgan fingerprint density at radius 1 is 1.38 bits per heavy atom. The number of nitrogens with zero attached hydrogens (tertiary/aromatic N) is 1. The number of halogens is 1. The van der Waals surface area contributed by atoms with Gasteiger partial charge in [0, 0.05) is 16.2 Å². The Hall–Kier alpha value is -2.09. The van der Waals surface area contributed by atoms with Gasteiger partial charge in [0.25, 0.3) is 5.91 Å². The van der Waals surface area contributed by atoms with Crippen LogP contribution in [0.4, 0.5) is 0 Å². The number of hydrogen-bond donors (Lipinski definition) is 3. The molecule has 2 amide bonds.